The van der Waals surface area contributed by atoms with E-state index in [0.29, 0.717) is 5.79 Å². The van der Waals surface area contributed by atoms with Gasteiger partial charge in [-0.05, 0) is 58.5 Å². The van der Waals surface area contributed by atoms with E-state index >= 15 is 0 Å². The van der Waals surface area contributed by atoms with Crippen molar-refractivity contribution in [2.45, 2.75) is 68.5 Å². The van der Waals surface area contributed by atoms with E-state index in [0.717, 1.165) is 60.0 Å². The Morgan fingerprint density at radius 3 is 1.46 bits per heavy atom. The van der Waals surface area contributed by atoms with Crippen LogP contribution < -0.4 is 0 Å². The van der Waals surface area contributed by atoms with Crippen molar-refractivity contribution in [3.05, 3.63) is 0 Å². The largest absolute Gasteiger partial charge is 0.500 e. The Kier molecular flexibility index (Phi) is 22.8. The first-order chi connectivity index (χ1) is 16.9. The molecule has 0 heterocycles. The van der Waals surface area contributed by atoms with Crippen LogP contribution in [0.25, 0.3) is 0 Å². The summed E-state index contributed by atoms with van der Waals surface area (Å²) in [5.41, 5.74) is 0. The molecule has 0 aromatic carbocycles. The van der Waals surface area contributed by atoms with Gasteiger partial charge in [0.05, 0.1) is 9.52 Å². The molecule has 0 bridgehead atoms. The van der Waals surface area contributed by atoms with Crippen molar-refractivity contribution < 1.29 is 31.0 Å². The summed E-state index contributed by atoms with van der Waals surface area (Å²) < 4.78 is 38.4. The fourth-order valence-corrected chi connectivity index (χ4v) is 9.45. The highest BCUT2D eigenvalue weighted by Gasteiger charge is 2.36. The van der Waals surface area contributed by atoms with Crippen LogP contribution in [0.15, 0.2) is 0 Å². The van der Waals surface area contributed by atoms with Gasteiger partial charge in [-0.1, -0.05) is 25.3 Å². The van der Waals surface area contributed by atoms with Gasteiger partial charge in [-0.15, -0.1) is 0 Å². The molecule has 0 atom stereocenters. The van der Waals surface area contributed by atoms with Crippen LogP contribution >= 0.6 is 0 Å². The first-order valence-corrected chi connectivity index (χ1v) is 18.8. The molecule has 35 heavy (non-hydrogen) atoms. The number of hydrogen-bond acceptors (Lipinski definition) is 9. The number of hydrogen-bond donors (Lipinski definition) is 0. The molecule has 0 aliphatic carbocycles. The van der Waals surface area contributed by atoms with Crippen LogP contribution in [0.4, 0.5) is 0 Å². The number of unbranched alkanes of at least 4 members (excludes halogenated alkanes) is 3. The van der Waals surface area contributed by atoms with Gasteiger partial charge in [0.15, 0.2) is 0 Å². The van der Waals surface area contributed by atoms with Crippen molar-refractivity contribution in [3.8, 4) is 0 Å². The summed E-state index contributed by atoms with van der Waals surface area (Å²) in [5.74, 6) is 0.451. The van der Waals surface area contributed by atoms with E-state index < -0.39 is 27.4 Å². The second kappa shape index (κ2) is 22.5. The first kappa shape index (κ1) is 35.5. The molecule has 0 saturated heterocycles. The Balaban J connectivity index is 4.60. The quantitative estimate of drug-likeness (QED) is 0.0939. The standard InChI is InChI=1S/C22H52N2O7Si4/c1-23(16-14-19-33(25-3)26-4)22(24(2)17-15-20-34(27-5)28-6)32-18-12-10-11-13-21-35(29-7,30-8)31-9/h22H,10-21H2,1-9H3. The van der Waals surface area contributed by atoms with Gasteiger partial charge >= 0.3 is 27.4 Å². The highest BCUT2D eigenvalue weighted by Crippen LogP contribution is 2.18. The summed E-state index contributed by atoms with van der Waals surface area (Å²) in [7, 11) is 12.8. The lowest BCUT2D eigenvalue weighted by Crippen LogP contribution is -2.49. The zero-order chi connectivity index (χ0) is 26.5. The van der Waals surface area contributed by atoms with E-state index in [1.807, 2.05) is 0 Å². The molecule has 0 spiro atoms. The van der Waals surface area contributed by atoms with Crippen LogP contribution in [0, 0.1) is 0 Å². The summed E-state index contributed by atoms with van der Waals surface area (Å²) in [6.45, 7) is 2.09. The van der Waals surface area contributed by atoms with Crippen LogP contribution in [0.2, 0.25) is 24.2 Å². The fraction of sp³-hybridized carbons (Fsp3) is 1.00. The highest BCUT2D eigenvalue weighted by molar-refractivity contribution is 6.60. The lowest BCUT2D eigenvalue weighted by Gasteiger charge is -2.36. The van der Waals surface area contributed by atoms with Crippen molar-refractivity contribution in [1.82, 2.24) is 9.80 Å². The minimum Gasteiger partial charge on any atom is -0.397 e. The predicted molar refractivity (Wildman–Crippen MR) is 148 cm³/mol. The molecule has 9 nitrogen and oxygen atoms in total. The molecule has 0 fully saturated rings. The second-order valence-corrected chi connectivity index (χ2v) is 17.2. The van der Waals surface area contributed by atoms with Gasteiger partial charge in [0.1, 0.15) is 0 Å². The van der Waals surface area contributed by atoms with E-state index in [1.54, 1.807) is 49.8 Å². The topological polar surface area (TPSA) is 71.1 Å². The van der Waals surface area contributed by atoms with E-state index in [-0.39, 0.29) is 0 Å². The lowest BCUT2D eigenvalue weighted by molar-refractivity contribution is 0.122. The maximum absolute atomic E-state index is 5.53. The normalized spacial score (nSPS) is 12.9. The molecule has 0 aliphatic rings. The molecule has 4 radical (unpaired) electrons. The van der Waals surface area contributed by atoms with E-state index in [1.165, 1.54) is 25.3 Å². The molecule has 0 amide bonds. The Bertz CT molecular complexity index is 445. The van der Waals surface area contributed by atoms with Crippen LogP contribution in [0.3, 0.4) is 0 Å². The van der Waals surface area contributed by atoms with Gasteiger partial charge in [-0.25, -0.2) is 0 Å². The molecule has 0 unspecified atom stereocenters. The van der Waals surface area contributed by atoms with Crippen LogP contribution in [0.5, 0.6) is 0 Å². The molecule has 0 aromatic heterocycles. The van der Waals surface area contributed by atoms with Gasteiger partial charge in [-0.3, -0.25) is 9.80 Å². The van der Waals surface area contributed by atoms with Crippen LogP contribution in [0.1, 0.15) is 38.5 Å². The van der Waals surface area contributed by atoms with Gasteiger partial charge < -0.3 is 31.0 Å². The molecule has 0 saturated carbocycles. The third-order valence-corrected chi connectivity index (χ3v) is 14.3. The molecule has 0 aromatic rings. The van der Waals surface area contributed by atoms with Crippen molar-refractivity contribution in [1.29, 1.82) is 0 Å². The highest BCUT2D eigenvalue weighted by atomic mass is 28.4. The average molecular weight is 569 g/mol. The molecular weight excluding hydrogens is 517 g/mol. The summed E-state index contributed by atoms with van der Waals surface area (Å²) in [6.07, 6.45) is 6.93. The van der Waals surface area contributed by atoms with Gasteiger partial charge in [-0.2, -0.15) is 0 Å². The van der Waals surface area contributed by atoms with Gasteiger partial charge in [0, 0.05) is 61.6 Å². The number of rotatable bonds is 25. The molecule has 208 valence electrons. The molecule has 0 N–H and O–H groups in total. The SMILES string of the molecule is CO[Si](CCCN(C)C([Si]CCCCCC[Si](OC)(OC)OC)N(C)CCC[Si](OC)OC)OC. The average Bonchev–Trinajstić information content (AvgIpc) is 2.88. The molecule has 0 rings (SSSR count). The third kappa shape index (κ3) is 15.5. The first-order valence-electron chi connectivity index (χ1n) is 12.5. The Hall–Kier alpha value is 0.508. The summed E-state index contributed by atoms with van der Waals surface area (Å²) in [5, 5.41) is 0. The molecule has 0 aliphatic heterocycles. The fourth-order valence-electron chi connectivity index (χ4n) is 4.02. The van der Waals surface area contributed by atoms with E-state index in [9.17, 15) is 0 Å². The maximum atomic E-state index is 5.53. The lowest BCUT2D eigenvalue weighted by atomic mass is 10.2. The second-order valence-electron chi connectivity index (χ2n) is 8.52. The summed E-state index contributed by atoms with van der Waals surface area (Å²) >= 11 is 0. The van der Waals surface area contributed by atoms with Crippen molar-refractivity contribution >= 4 is 36.9 Å². The molecule has 13 heteroatoms. The number of nitrogens with zero attached hydrogens (tertiary/aromatic N) is 2. The Labute approximate surface area is 222 Å². The molecular formula is C22H52N2O7Si4. The van der Waals surface area contributed by atoms with Gasteiger partial charge in [0.2, 0.25) is 0 Å². The maximum Gasteiger partial charge on any atom is 0.500 e. The summed E-state index contributed by atoms with van der Waals surface area (Å²) in [6, 6.07) is 4.14. The minimum absolute atomic E-state index is 0.451. The summed E-state index contributed by atoms with van der Waals surface area (Å²) in [4.78, 5) is 5.02. The zero-order valence-corrected chi connectivity index (χ0v) is 27.8. The van der Waals surface area contributed by atoms with Crippen LogP contribution in [-0.2, 0) is 31.0 Å². The zero-order valence-electron chi connectivity index (χ0n) is 23.8. The minimum atomic E-state index is -2.43. The predicted octanol–water partition coefficient (Wildman–Crippen LogP) is 3.04. The van der Waals surface area contributed by atoms with E-state index in [4.69, 9.17) is 31.0 Å². The van der Waals surface area contributed by atoms with Crippen LogP contribution in [-0.4, -0.2) is 129 Å². The van der Waals surface area contributed by atoms with Crippen molar-refractivity contribution in [2.75, 3.05) is 77.0 Å². The third-order valence-electron chi connectivity index (χ3n) is 6.20. The Morgan fingerprint density at radius 2 is 1.06 bits per heavy atom. The monoisotopic (exact) mass is 568 g/mol. The van der Waals surface area contributed by atoms with Crippen molar-refractivity contribution in [2.24, 2.45) is 0 Å². The smallest absolute Gasteiger partial charge is 0.397 e. The van der Waals surface area contributed by atoms with E-state index in [2.05, 4.69) is 23.9 Å². The van der Waals surface area contributed by atoms with Gasteiger partial charge in [0.25, 0.3) is 0 Å². The van der Waals surface area contributed by atoms with Crippen molar-refractivity contribution in [3.63, 3.8) is 0 Å². The Morgan fingerprint density at radius 1 is 0.629 bits per heavy atom.